The molecule has 1 aromatic rings. The lowest BCUT2D eigenvalue weighted by Gasteiger charge is -2.31. The zero-order valence-corrected chi connectivity index (χ0v) is 9.98. The molecular weight excluding hydrogens is 220 g/mol. The molecule has 90 valence electrons. The first-order valence-corrected chi connectivity index (χ1v) is 5.31. The number of benzene rings is 1. The minimum atomic E-state index is -0.387. The number of carbonyl (C=O) groups excluding carboxylic acids is 2. The van der Waals surface area contributed by atoms with Gasteiger partial charge in [0, 0.05) is 7.05 Å². The van der Waals surface area contributed by atoms with Crippen molar-refractivity contribution in [2.24, 2.45) is 0 Å². The number of anilines is 2. The van der Waals surface area contributed by atoms with Gasteiger partial charge in [-0.25, -0.2) is 4.79 Å². The maximum atomic E-state index is 11.7. The molecule has 1 aliphatic heterocycles. The largest absolute Gasteiger partial charge is 0.465 e. The van der Waals surface area contributed by atoms with Crippen molar-refractivity contribution in [3.8, 4) is 0 Å². The highest BCUT2D eigenvalue weighted by molar-refractivity contribution is 6.05. The van der Waals surface area contributed by atoms with Crippen molar-refractivity contribution in [2.75, 3.05) is 24.4 Å². The first-order chi connectivity index (χ1) is 8.04. The summed E-state index contributed by atoms with van der Waals surface area (Å²) in [6.07, 6.45) is 0. The lowest BCUT2D eigenvalue weighted by molar-refractivity contribution is -0.118. The third-order valence-corrected chi connectivity index (χ3v) is 2.85. The molecule has 1 unspecified atom stereocenters. The van der Waals surface area contributed by atoms with E-state index >= 15 is 0 Å². The lowest BCUT2D eigenvalue weighted by Crippen LogP contribution is -2.43. The average Bonchev–Trinajstić information content (AvgIpc) is 2.34. The molecule has 1 amide bonds. The molecule has 0 spiro atoms. The highest BCUT2D eigenvalue weighted by Gasteiger charge is 2.27. The van der Waals surface area contributed by atoms with E-state index in [-0.39, 0.29) is 17.9 Å². The van der Waals surface area contributed by atoms with Crippen molar-refractivity contribution in [3.63, 3.8) is 0 Å². The highest BCUT2D eigenvalue weighted by Crippen LogP contribution is 2.31. The molecular formula is C12H14N2O3. The summed E-state index contributed by atoms with van der Waals surface area (Å²) < 4.78 is 4.65. The number of hydrogen-bond acceptors (Lipinski definition) is 4. The Hall–Kier alpha value is -2.04. The van der Waals surface area contributed by atoms with Gasteiger partial charge in [0.15, 0.2) is 0 Å². The van der Waals surface area contributed by atoms with Gasteiger partial charge in [0.05, 0.1) is 24.0 Å². The van der Waals surface area contributed by atoms with Gasteiger partial charge < -0.3 is 15.0 Å². The zero-order chi connectivity index (χ0) is 12.6. The van der Waals surface area contributed by atoms with Crippen LogP contribution in [0.5, 0.6) is 0 Å². The Morgan fingerprint density at radius 2 is 2.18 bits per heavy atom. The van der Waals surface area contributed by atoms with Gasteiger partial charge in [-0.3, -0.25) is 4.79 Å². The summed E-state index contributed by atoms with van der Waals surface area (Å²) in [6, 6.07) is 4.78. The monoisotopic (exact) mass is 234 g/mol. The van der Waals surface area contributed by atoms with E-state index in [2.05, 4.69) is 10.1 Å². The Kier molecular flexibility index (Phi) is 2.75. The Balaban J connectivity index is 2.44. The Morgan fingerprint density at radius 1 is 1.47 bits per heavy atom. The predicted octanol–water partition coefficient (Wildman–Crippen LogP) is 1.25. The second kappa shape index (κ2) is 4.08. The number of fused-ring (bicyclic) bond motifs is 1. The average molecular weight is 234 g/mol. The third kappa shape index (κ3) is 1.84. The summed E-state index contributed by atoms with van der Waals surface area (Å²) in [5.41, 5.74) is 2.00. The Morgan fingerprint density at radius 3 is 2.82 bits per heavy atom. The van der Waals surface area contributed by atoms with Crippen LogP contribution in [0.3, 0.4) is 0 Å². The summed E-state index contributed by atoms with van der Waals surface area (Å²) in [5, 5.41) is 3.06. The van der Waals surface area contributed by atoms with Crippen molar-refractivity contribution in [3.05, 3.63) is 23.8 Å². The van der Waals surface area contributed by atoms with Crippen LogP contribution in [0, 0.1) is 0 Å². The number of rotatable bonds is 1. The number of nitrogens with zero attached hydrogens (tertiary/aromatic N) is 1. The van der Waals surface area contributed by atoms with Gasteiger partial charge in [-0.2, -0.15) is 0 Å². The highest BCUT2D eigenvalue weighted by atomic mass is 16.5. The van der Waals surface area contributed by atoms with Crippen molar-refractivity contribution in [1.82, 2.24) is 0 Å². The van der Waals surface area contributed by atoms with E-state index in [1.54, 1.807) is 37.1 Å². The van der Waals surface area contributed by atoms with Gasteiger partial charge in [0.2, 0.25) is 5.91 Å². The molecule has 0 radical (unpaired) electrons. The molecule has 0 fully saturated rings. The molecule has 0 bridgehead atoms. The molecule has 0 aliphatic carbocycles. The van der Waals surface area contributed by atoms with Crippen LogP contribution in [0.2, 0.25) is 0 Å². The molecule has 2 rings (SSSR count). The van der Waals surface area contributed by atoms with E-state index in [0.29, 0.717) is 5.56 Å². The number of amides is 1. The lowest BCUT2D eigenvalue weighted by atomic mass is 10.1. The number of ether oxygens (including phenoxy) is 1. The number of esters is 1. The number of carbonyl (C=O) groups is 2. The van der Waals surface area contributed by atoms with Gasteiger partial charge in [0.1, 0.15) is 6.04 Å². The smallest absolute Gasteiger partial charge is 0.337 e. The van der Waals surface area contributed by atoms with Crippen molar-refractivity contribution < 1.29 is 14.3 Å². The molecule has 1 atom stereocenters. The van der Waals surface area contributed by atoms with Gasteiger partial charge in [-0.1, -0.05) is 0 Å². The van der Waals surface area contributed by atoms with Crippen LogP contribution in [-0.2, 0) is 9.53 Å². The van der Waals surface area contributed by atoms with Crippen LogP contribution >= 0.6 is 0 Å². The number of likely N-dealkylation sites (N-methyl/N-ethyl adjacent to an activating group) is 1. The second-order valence-electron chi connectivity index (χ2n) is 3.99. The topological polar surface area (TPSA) is 58.6 Å². The van der Waals surface area contributed by atoms with Crippen LogP contribution in [0.4, 0.5) is 11.4 Å². The number of nitrogens with one attached hydrogen (secondary N) is 1. The van der Waals surface area contributed by atoms with E-state index < -0.39 is 0 Å². The zero-order valence-electron chi connectivity index (χ0n) is 9.98. The first kappa shape index (κ1) is 11.4. The normalized spacial score (nSPS) is 18.4. The molecule has 0 aromatic heterocycles. The predicted molar refractivity (Wildman–Crippen MR) is 64.3 cm³/mol. The molecule has 17 heavy (non-hydrogen) atoms. The fourth-order valence-electron chi connectivity index (χ4n) is 1.89. The molecule has 1 heterocycles. The van der Waals surface area contributed by atoms with Gasteiger partial charge >= 0.3 is 5.97 Å². The fourth-order valence-corrected chi connectivity index (χ4v) is 1.89. The molecule has 1 N–H and O–H groups in total. The van der Waals surface area contributed by atoms with E-state index in [9.17, 15) is 9.59 Å². The van der Waals surface area contributed by atoms with E-state index in [4.69, 9.17) is 0 Å². The van der Waals surface area contributed by atoms with Crippen molar-refractivity contribution in [2.45, 2.75) is 13.0 Å². The number of hydrogen-bond donors (Lipinski definition) is 1. The van der Waals surface area contributed by atoms with E-state index in [1.165, 1.54) is 7.11 Å². The van der Waals surface area contributed by atoms with E-state index in [0.717, 1.165) is 11.4 Å². The van der Waals surface area contributed by atoms with Gasteiger partial charge in [-0.05, 0) is 25.1 Å². The summed E-state index contributed by atoms with van der Waals surface area (Å²) >= 11 is 0. The molecule has 5 nitrogen and oxygen atoms in total. The maximum Gasteiger partial charge on any atom is 0.337 e. The van der Waals surface area contributed by atoms with Crippen LogP contribution in [-0.4, -0.2) is 32.1 Å². The molecule has 5 heteroatoms. The Bertz CT molecular complexity index is 485. The molecule has 1 aromatic carbocycles. The second-order valence-corrected chi connectivity index (χ2v) is 3.99. The van der Waals surface area contributed by atoms with Gasteiger partial charge in [0.25, 0.3) is 0 Å². The van der Waals surface area contributed by atoms with Crippen molar-refractivity contribution in [1.29, 1.82) is 0 Å². The molecule has 1 aliphatic rings. The molecule has 0 saturated heterocycles. The minimum absolute atomic E-state index is 0.00307. The van der Waals surface area contributed by atoms with Crippen LogP contribution < -0.4 is 10.2 Å². The van der Waals surface area contributed by atoms with Gasteiger partial charge in [-0.15, -0.1) is 0 Å². The first-order valence-electron chi connectivity index (χ1n) is 5.31. The minimum Gasteiger partial charge on any atom is -0.465 e. The standard InChI is InChI=1S/C12H14N2O3/c1-7-11(15)14(2)10-5-4-8(12(16)17-3)6-9(10)13-7/h4-7,13H,1-3H3. The summed E-state index contributed by atoms with van der Waals surface area (Å²) in [6.45, 7) is 1.78. The van der Waals surface area contributed by atoms with Crippen molar-refractivity contribution >= 4 is 23.3 Å². The summed E-state index contributed by atoms with van der Waals surface area (Å²) in [7, 11) is 3.06. The number of methoxy groups -OCH3 is 1. The third-order valence-electron chi connectivity index (χ3n) is 2.85. The Labute approximate surface area is 99.4 Å². The summed E-state index contributed by atoms with van der Waals surface area (Å²) in [4.78, 5) is 24.7. The fraction of sp³-hybridized carbons (Fsp3) is 0.333. The summed E-state index contributed by atoms with van der Waals surface area (Å²) in [5.74, 6) is -0.384. The molecule has 0 saturated carbocycles. The van der Waals surface area contributed by atoms with Crippen LogP contribution in [0.15, 0.2) is 18.2 Å². The maximum absolute atomic E-state index is 11.7. The van der Waals surface area contributed by atoms with E-state index in [1.807, 2.05) is 0 Å². The quantitative estimate of drug-likeness (QED) is 0.743. The van der Waals surface area contributed by atoms with Crippen LogP contribution in [0.25, 0.3) is 0 Å². The SMILES string of the molecule is COC(=O)c1ccc2c(c1)NC(C)C(=O)N2C. The van der Waals surface area contributed by atoms with Crippen LogP contribution in [0.1, 0.15) is 17.3 Å².